The molecule has 0 amide bonds. The third-order valence-corrected chi connectivity index (χ3v) is 10.9. The minimum Gasteiger partial charge on any atom is -0.668 e. The van der Waals surface area contributed by atoms with E-state index in [0.29, 0.717) is 37.4 Å². The average Bonchev–Trinajstić information content (AvgIpc) is 3.60. The third-order valence-electron chi connectivity index (χ3n) is 10.9. The number of aliphatic hydroxyl groups is 3. The number of phenols is 1. The number of ether oxygens (including phenoxy) is 1. The molecular formula is C44H52N3O5-. The number of nitrogens with two attached hydrogens (primary N) is 1. The number of allylic oxidation sites excluding steroid dienone is 2. The monoisotopic (exact) mass is 702 g/mol. The smallest absolute Gasteiger partial charge is 0.161 e. The number of phenolic OH excluding ortho intramolecular Hbond substituents is 1. The number of fused-ring (bicyclic) bond motifs is 1. The van der Waals surface area contributed by atoms with Crippen LogP contribution in [0.3, 0.4) is 0 Å². The Labute approximate surface area is 307 Å². The highest BCUT2D eigenvalue weighted by Gasteiger charge is 2.36. The fourth-order valence-electron chi connectivity index (χ4n) is 8.02. The Balaban J connectivity index is 1.21. The molecule has 274 valence electrons. The van der Waals surface area contributed by atoms with Crippen molar-refractivity contribution in [2.24, 2.45) is 23.7 Å². The topological polar surface area (TPSA) is 143 Å². The predicted molar refractivity (Wildman–Crippen MR) is 204 cm³/mol. The van der Waals surface area contributed by atoms with Crippen LogP contribution < -0.4 is 15.5 Å². The average molecular weight is 703 g/mol. The van der Waals surface area contributed by atoms with Crippen molar-refractivity contribution in [1.29, 1.82) is 0 Å². The Kier molecular flexibility index (Phi) is 12.7. The summed E-state index contributed by atoms with van der Waals surface area (Å²) in [6.07, 6.45) is 11.5. The van der Waals surface area contributed by atoms with Gasteiger partial charge in [-0.3, -0.25) is 0 Å². The first-order valence-corrected chi connectivity index (χ1v) is 18.7. The Morgan fingerprint density at radius 2 is 1.77 bits per heavy atom. The Morgan fingerprint density at radius 3 is 2.54 bits per heavy atom. The fraction of sp³-hybridized carbons (Fsp3) is 0.432. The first kappa shape index (κ1) is 37.2. The number of pyridine rings is 1. The molecule has 0 saturated heterocycles. The highest BCUT2D eigenvalue weighted by molar-refractivity contribution is 5.44. The maximum Gasteiger partial charge on any atom is 0.161 e. The van der Waals surface area contributed by atoms with Gasteiger partial charge in [0, 0.05) is 29.9 Å². The lowest BCUT2D eigenvalue weighted by atomic mass is 9.78. The van der Waals surface area contributed by atoms with E-state index in [2.05, 4.69) is 65.2 Å². The van der Waals surface area contributed by atoms with Crippen LogP contribution in [-0.2, 0) is 12.8 Å². The van der Waals surface area contributed by atoms with Crippen molar-refractivity contribution in [2.45, 2.75) is 88.4 Å². The highest BCUT2D eigenvalue weighted by atomic mass is 16.5. The number of hydrogen-bond donors (Lipinski definition) is 5. The lowest BCUT2D eigenvalue weighted by Gasteiger charge is -2.31. The zero-order chi connectivity index (χ0) is 36.5. The van der Waals surface area contributed by atoms with E-state index in [1.807, 2.05) is 36.4 Å². The standard InChI is InChI=1S/C44H52N3O5/c1-29(22-30-8-3-2-4-9-30)31-10-5-6-12-40(50)44-32(14-13-31)15-16-33(25-41(44)51)34-17-18-39(49)42(26-34)52-38(28-48)24-36(23-37-11-7-20-46-37)35-19-21-47-43(45)27-35/h2-4,7-9,11,15-21,26-27,29,31-33,36,38,40-41,44,48-51H,5-6,10,12,22-25,28H2,1H3,(H2,45,47)/q-1/t29-,31-,32-,33+,36+,38+,40+,41-,44-/m1/s1. The summed E-state index contributed by atoms with van der Waals surface area (Å²) >= 11 is 0. The van der Waals surface area contributed by atoms with Crippen molar-refractivity contribution in [1.82, 2.24) is 9.97 Å². The Hall–Kier alpha value is -4.55. The summed E-state index contributed by atoms with van der Waals surface area (Å²) in [5, 5.41) is 44.4. The summed E-state index contributed by atoms with van der Waals surface area (Å²) < 4.78 is 6.32. The van der Waals surface area contributed by atoms with E-state index in [-0.39, 0.29) is 41.8 Å². The lowest BCUT2D eigenvalue weighted by Crippen LogP contribution is -2.37. The van der Waals surface area contributed by atoms with Gasteiger partial charge in [-0.1, -0.05) is 92.3 Å². The molecule has 6 N–H and O–H groups in total. The second kappa shape index (κ2) is 17.8. The number of aromatic nitrogens is 2. The van der Waals surface area contributed by atoms with Crippen LogP contribution in [0.15, 0.2) is 97.3 Å². The van der Waals surface area contributed by atoms with Crippen LogP contribution in [0.25, 0.3) is 0 Å². The molecule has 4 aromatic rings. The fourth-order valence-corrected chi connectivity index (χ4v) is 8.02. The minimum atomic E-state index is -0.782. The summed E-state index contributed by atoms with van der Waals surface area (Å²) in [6, 6.07) is 23.4. The van der Waals surface area contributed by atoms with Crippen LogP contribution >= 0.6 is 0 Å². The van der Waals surface area contributed by atoms with Crippen LogP contribution in [0.1, 0.15) is 79.7 Å². The summed E-state index contributed by atoms with van der Waals surface area (Å²) in [5.41, 5.74) is 10.1. The van der Waals surface area contributed by atoms with E-state index in [1.165, 1.54) is 5.56 Å². The van der Waals surface area contributed by atoms with Crippen LogP contribution in [0.2, 0.25) is 0 Å². The Bertz CT molecular complexity index is 1800. The van der Waals surface area contributed by atoms with E-state index < -0.39 is 24.2 Å². The molecule has 2 aromatic carbocycles. The van der Waals surface area contributed by atoms with Crippen molar-refractivity contribution in [3.05, 3.63) is 120 Å². The molecule has 2 aromatic heterocycles. The van der Waals surface area contributed by atoms with Crippen molar-refractivity contribution < 1.29 is 25.2 Å². The summed E-state index contributed by atoms with van der Waals surface area (Å²) in [6.45, 7) is 2.02. The van der Waals surface area contributed by atoms with E-state index in [9.17, 15) is 20.4 Å². The van der Waals surface area contributed by atoms with E-state index in [0.717, 1.165) is 42.5 Å². The van der Waals surface area contributed by atoms with Crippen molar-refractivity contribution in [3.63, 3.8) is 0 Å². The summed E-state index contributed by atoms with van der Waals surface area (Å²) in [5.74, 6) is 7.43. The van der Waals surface area contributed by atoms with Gasteiger partial charge in [0.1, 0.15) is 11.9 Å². The predicted octanol–water partition coefficient (Wildman–Crippen LogP) is 6.55. The van der Waals surface area contributed by atoms with Crippen molar-refractivity contribution >= 4 is 5.82 Å². The second-order valence-electron chi connectivity index (χ2n) is 14.7. The van der Waals surface area contributed by atoms with Gasteiger partial charge in [0.25, 0.3) is 0 Å². The molecule has 8 nitrogen and oxygen atoms in total. The lowest BCUT2D eigenvalue weighted by molar-refractivity contribution is -0.00713. The van der Waals surface area contributed by atoms with Crippen LogP contribution in [0, 0.1) is 35.5 Å². The first-order chi connectivity index (χ1) is 25.3. The van der Waals surface area contributed by atoms with Crippen molar-refractivity contribution in [3.8, 4) is 23.3 Å². The van der Waals surface area contributed by atoms with Crippen LogP contribution in [0.5, 0.6) is 11.5 Å². The molecule has 9 atom stereocenters. The number of hydrogen-bond acceptors (Lipinski definition) is 7. The first-order valence-electron chi connectivity index (χ1n) is 18.7. The Morgan fingerprint density at radius 1 is 0.942 bits per heavy atom. The van der Waals surface area contributed by atoms with Gasteiger partial charge < -0.3 is 35.9 Å². The largest absolute Gasteiger partial charge is 0.668 e. The van der Waals surface area contributed by atoms with Gasteiger partial charge in [-0.2, -0.15) is 11.9 Å². The highest BCUT2D eigenvalue weighted by Crippen LogP contribution is 2.40. The molecule has 6 rings (SSSR count). The minimum absolute atomic E-state index is 0.0335. The zero-order valence-corrected chi connectivity index (χ0v) is 30.0. The molecule has 0 radical (unpaired) electrons. The molecule has 2 aliphatic carbocycles. The molecule has 2 aliphatic rings. The number of rotatable bonds is 12. The zero-order valence-electron chi connectivity index (χ0n) is 30.0. The number of anilines is 1. The number of benzene rings is 2. The van der Waals surface area contributed by atoms with E-state index >= 15 is 0 Å². The molecule has 8 heteroatoms. The van der Waals surface area contributed by atoms with Gasteiger partial charge in [-0.15, -0.1) is 0 Å². The quantitative estimate of drug-likeness (QED) is 0.0826. The molecule has 0 spiro atoms. The van der Waals surface area contributed by atoms with Crippen LogP contribution in [0.4, 0.5) is 5.82 Å². The maximum absolute atomic E-state index is 11.7. The molecule has 0 saturated carbocycles. The van der Waals surface area contributed by atoms with E-state index in [4.69, 9.17) is 10.5 Å². The van der Waals surface area contributed by atoms with Gasteiger partial charge in [-0.25, -0.2) is 4.98 Å². The molecular weight excluding hydrogens is 651 g/mol. The number of aliphatic hydroxyl groups excluding tert-OH is 3. The number of aromatic hydroxyl groups is 1. The van der Waals surface area contributed by atoms with Gasteiger partial charge >= 0.3 is 0 Å². The summed E-state index contributed by atoms with van der Waals surface area (Å²) in [7, 11) is 0. The third kappa shape index (κ3) is 9.65. The molecule has 0 fully saturated rings. The molecule has 2 heterocycles. The normalized spacial score (nSPS) is 25.1. The van der Waals surface area contributed by atoms with Crippen LogP contribution in [-0.4, -0.2) is 50.3 Å². The van der Waals surface area contributed by atoms with Gasteiger partial charge in [0.05, 0.1) is 18.8 Å². The van der Waals surface area contributed by atoms with E-state index in [1.54, 1.807) is 24.5 Å². The van der Waals surface area contributed by atoms with Crippen molar-refractivity contribution in [2.75, 3.05) is 12.3 Å². The van der Waals surface area contributed by atoms with Gasteiger partial charge in [0.2, 0.25) is 0 Å². The second-order valence-corrected chi connectivity index (χ2v) is 14.7. The number of nitrogens with zero attached hydrogens (tertiary/aromatic N) is 2. The molecule has 0 unspecified atom stereocenters. The van der Waals surface area contributed by atoms with Gasteiger partial charge in [-0.05, 0) is 91.3 Å². The molecule has 0 aliphatic heterocycles. The molecule has 52 heavy (non-hydrogen) atoms. The molecule has 0 bridgehead atoms. The maximum atomic E-state index is 11.7. The number of nitrogen functional groups attached to an aromatic ring is 1. The SMILES string of the molecule is C[C@H](Cc1ccccc1)[C@H]1C#C[C@@H]2C=C[C@H](c3ccc(O)c(O[C@H](CO)C[C@H](Cc4ccc[n-]4)c4ccnc(N)c4)c3)C[C@@H](O)[C@H]2[C@@H](O)CCCC1. The van der Waals surface area contributed by atoms with Gasteiger partial charge in [0.15, 0.2) is 11.5 Å². The summed E-state index contributed by atoms with van der Waals surface area (Å²) in [4.78, 5) is 8.59.